The fraction of sp³-hybridized carbons (Fsp3) is 0.800. The van der Waals surface area contributed by atoms with Crippen LogP contribution in [-0.4, -0.2) is 57.2 Å². The number of halogens is 1. The molecule has 9 heteroatoms. The first-order chi connectivity index (χ1) is 13.4. The van der Waals surface area contributed by atoms with Crippen molar-refractivity contribution in [2.45, 2.75) is 72.0 Å². The Balaban J connectivity index is 0.00000300. The summed E-state index contributed by atoms with van der Waals surface area (Å²) in [6.07, 6.45) is 2.23. The summed E-state index contributed by atoms with van der Waals surface area (Å²) in [6, 6.07) is -0.449. The summed E-state index contributed by atoms with van der Waals surface area (Å²) >= 11 is 0. The predicted molar refractivity (Wildman–Crippen MR) is 114 cm³/mol. The fourth-order valence-electron chi connectivity index (χ4n) is 4.09. The number of fused-ring (bicyclic) bond motifs is 1. The minimum absolute atomic E-state index is 0. The Labute approximate surface area is 179 Å². The van der Waals surface area contributed by atoms with Gasteiger partial charge in [-0.1, -0.05) is 27.7 Å². The molecule has 1 atom stereocenters. The Hall–Kier alpha value is -1.67. The Bertz CT molecular complexity index is 697. The maximum atomic E-state index is 13.1. The molecule has 2 aliphatic heterocycles. The van der Waals surface area contributed by atoms with Gasteiger partial charge < -0.3 is 20.1 Å². The summed E-state index contributed by atoms with van der Waals surface area (Å²) in [5.41, 5.74) is 0. The van der Waals surface area contributed by atoms with E-state index in [1.807, 2.05) is 32.6 Å². The molecular formula is C20H35ClN6O2. The number of hydrogen-bond acceptors (Lipinski definition) is 5. The Morgan fingerprint density at radius 1 is 1.14 bits per heavy atom. The van der Waals surface area contributed by atoms with Crippen LogP contribution in [0.15, 0.2) is 0 Å². The highest BCUT2D eigenvalue weighted by atomic mass is 35.5. The van der Waals surface area contributed by atoms with Crippen LogP contribution in [0.2, 0.25) is 0 Å². The normalized spacial score (nSPS) is 18.3. The fourth-order valence-corrected chi connectivity index (χ4v) is 4.09. The molecule has 2 aliphatic rings. The molecule has 1 unspecified atom stereocenters. The average Bonchev–Trinajstić information content (AvgIpc) is 3.09. The van der Waals surface area contributed by atoms with E-state index in [-0.39, 0.29) is 36.1 Å². The maximum Gasteiger partial charge on any atom is 0.245 e. The lowest BCUT2D eigenvalue weighted by Crippen LogP contribution is -2.53. The maximum absolute atomic E-state index is 13.1. The molecule has 0 saturated carbocycles. The number of aromatic nitrogens is 3. The van der Waals surface area contributed by atoms with Crippen LogP contribution >= 0.6 is 12.4 Å². The largest absolute Gasteiger partial charge is 0.344 e. The highest BCUT2D eigenvalue weighted by Gasteiger charge is 2.33. The zero-order valence-electron chi connectivity index (χ0n) is 18.0. The molecule has 0 radical (unpaired) electrons. The third-order valence-corrected chi connectivity index (χ3v) is 5.67. The zero-order chi connectivity index (χ0) is 20.3. The van der Waals surface area contributed by atoms with E-state index in [1.165, 1.54) is 0 Å². The van der Waals surface area contributed by atoms with Gasteiger partial charge in [0.25, 0.3) is 0 Å². The van der Waals surface area contributed by atoms with E-state index < -0.39 is 6.04 Å². The molecule has 0 aliphatic carbocycles. The molecule has 0 aromatic carbocycles. The van der Waals surface area contributed by atoms with E-state index in [0.717, 1.165) is 44.1 Å². The molecule has 2 N–H and O–H groups in total. The monoisotopic (exact) mass is 426 g/mol. The lowest BCUT2D eigenvalue weighted by atomic mass is 9.94. The van der Waals surface area contributed by atoms with Crippen molar-refractivity contribution >= 4 is 24.2 Å². The molecule has 0 spiro atoms. The van der Waals surface area contributed by atoms with E-state index in [2.05, 4.69) is 25.4 Å². The molecule has 3 rings (SSSR count). The van der Waals surface area contributed by atoms with Crippen LogP contribution in [0.3, 0.4) is 0 Å². The molecule has 29 heavy (non-hydrogen) atoms. The van der Waals surface area contributed by atoms with Gasteiger partial charge in [0.1, 0.15) is 17.7 Å². The van der Waals surface area contributed by atoms with Gasteiger partial charge in [0.15, 0.2) is 0 Å². The third kappa shape index (κ3) is 5.69. The van der Waals surface area contributed by atoms with E-state index in [4.69, 9.17) is 0 Å². The Morgan fingerprint density at radius 2 is 1.83 bits per heavy atom. The number of nitrogens with zero attached hydrogens (tertiary/aromatic N) is 4. The minimum Gasteiger partial charge on any atom is -0.344 e. The van der Waals surface area contributed by atoms with E-state index >= 15 is 0 Å². The molecule has 1 aromatic rings. The number of likely N-dealkylation sites (tertiary alicyclic amines) is 1. The third-order valence-electron chi connectivity index (χ3n) is 5.67. The standard InChI is InChI=1S/C20H34N6O2.ClH/c1-13(2)11-17(27)22-18(14(3)4)20(28)25-8-5-15(6-9-25)19-24-23-16-12-21-7-10-26(16)19;/h13-15,18,21H,5-12H2,1-4H3,(H,22,27);1H. The Morgan fingerprint density at radius 3 is 2.45 bits per heavy atom. The van der Waals surface area contributed by atoms with Gasteiger partial charge in [0, 0.05) is 38.5 Å². The Kier molecular flexibility index (Phi) is 8.46. The van der Waals surface area contributed by atoms with E-state index in [1.54, 1.807) is 0 Å². The predicted octanol–water partition coefficient (Wildman–Crippen LogP) is 1.70. The van der Waals surface area contributed by atoms with Crippen molar-refractivity contribution in [1.82, 2.24) is 30.3 Å². The first-order valence-electron chi connectivity index (χ1n) is 10.6. The van der Waals surface area contributed by atoms with Crippen molar-refractivity contribution in [2.75, 3.05) is 19.6 Å². The number of carbonyl (C=O) groups excluding carboxylic acids is 2. The second-order valence-electron chi connectivity index (χ2n) is 8.79. The number of carbonyl (C=O) groups is 2. The molecule has 1 fully saturated rings. The summed E-state index contributed by atoms with van der Waals surface area (Å²) in [5, 5.41) is 15.0. The topological polar surface area (TPSA) is 92.2 Å². The van der Waals surface area contributed by atoms with Crippen LogP contribution in [0, 0.1) is 11.8 Å². The SMILES string of the molecule is CC(C)CC(=O)NC(C(=O)N1CCC(c2nnc3n2CCNC3)CC1)C(C)C.Cl. The molecule has 8 nitrogen and oxygen atoms in total. The summed E-state index contributed by atoms with van der Waals surface area (Å²) < 4.78 is 2.24. The van der Waals surface area contributed by atoms with Gasteiger partial charge in [-0.3, -0.25) is 9.59 Å². The van der Waals surface area contributed by atoms with Crippen molar-refractivity contribution in [2.24, 2.45) is 11.8 Å². The molecule has 164 valence electrons. The highest BCUT2D eigenvalue weighted by Crippen LogP contribution is 2.28. The molecule has 2 amide bonds. The summed E-state index contributed by atoms with van der Waals surface area (Å²) in [4.78, 5) is 27.2. The molecule has 1 aromatic heterocycles. The summed E-state index contributed by atoms with van der Waals surface area (Å²) in [6.45, 7) is 12.0. The quantitative estimate of drug-likeness (QED) is 0.722. The molecule has 1 saturated heterocycles. The van der Waals surface area contributed by atoms with Gasteiger partial charge in [0.2, 0.25) is 11.8 Å². The van der Waals surface area contributed by atoms with Gasteiger partial charge in [-0.2, -0.15) is 0 Å². The van der Waals surface area contributed by atoms with Crippen molar-refractivity contribution in [1.29, 1.82) is 0 Å². The highest BCUT2D eigenvalue weighted by molar-refractivity contribution is 5.88. The molecular weight excluding hydrogens is 392 g/mol. The molecule has 0 bridgehead atoms. The summed E-state index contributed by atoms with van der Waals surface area (Å²) in [5.74, 6) is 2.76. The number of hydrogen-bond donors (Lipinski definition) is 2. The second kappa shape index (κ2) is 10.4. The zero-order valence-corrected chi connectivity index (χ0v) is 18.8. The van der Waals surface area contributed by atoms with Crippen LogP contribution in [0.25, 0.3) is 0 Å². The number of rotatable bonds is 6. The molecule has 3 heterocycles. The average molecular weight is 427 g/mol. The number of amides is 2. The van der Waals surface area contributed by atoms with Crippen LogP contribution in [-0.2, 0) is 22.7 Å². The van der Waals surface area contributed by atoms with Crippen LogP contribution < -0.4 is 10.6 Å². The first-order valence-corrected chi connectivity index (χ1v) is 10.6. The van der Waals surface area contributed by atoms with Crippen molar-refractivity contribution in [3.63, 3.8) is 0 Å². The van der Waals surface area contributed by atoms with E-state index in [0.29, 0.717) is 25.4 Å². The van der Waals surface area contributed by atoms with E-state index in [9.17, 15) is 9.59 Å². The smallest absolute Gasteiger partial charge is 0.245 e. The summed E-state index contributed by atoms with van der Waals surface area (Å²) in [7, 11) is 0. The first kappa shape index (κ1) is 23.6. The van der Waals surface area contributed by atoms with Crippen molar-refractivity contribution in [3.8, 4) is 0 Å². The van der Waals surface area contributed by atoms with Gasteiger partial charge in [0.05, 0.1) is 6.54 Å². The van der Waals surface area contributed by atoms with Crippen molar-refractivity contribution < 1.29 is 9.59 Å². The second-order valence-corrected chi connectivity index (χ2v) is 8.79. The van der Waals surface area contributed by atoms with Crippen LogP contribution in [0.5, 0.6) is 0 Å². The lowest BCUT2D eigenvalue weighted by molar-refractivity contribution is -0.138. The van der Waals surface area contributed by atoms with Gasteiger partial charge in [-0.25, -0.2) is 0 Å². The van der Waals surface area contributed by atoms with Crippen molar-refractivity contribution in [3.05, 3.63) is 11.6 Å². The van der Waals surface area contributed by atoms with Crippen LogP contribution in [0.1, 0.15) is 64.5 Å². The van der Waals surface area contributed by atoms with Gasteiger partial charge >= 0.3 is 0 Å². The minimum atomic E-state index is -0.449. The number of piperidine rings is 1. The van der Waals surface area contributed by atoms with Crippen LogP contribution in [0.4, 0.5) is 0 Å². The van der Waals surface area contributed by atoms with Gasteiger partial charge in [-0.15, -0.1) is 22.6 Å². The van der Waals surface area contributed by atoms with Gasteiger partial charge in [-0.05, 0) is 24.7 Å². The number of nitrogens with one attached hydrogen (secondary N) is 2. The lowest BCUT2D eigenvalue weighted by Gasteiger charge is -2.35.